The first-order chi connectivity index (χ1) is 8.90. The summed E-state index contributed by atoms with van der Waals surface area (Å²) in [6.07, 6.45) is 1.05. The Bertz CT molecular complexity index is 567. The van der Waals surface area contributed by atoms with Crippen molar-refractivity contribution in [2.75, 3.05) is 6.54 Å². The number of nitrogens with zero attached hydrogens (tertiary/aromatic N) is 2. The number of carboxylic acids is 1. The minimum Gasteiger partial charge on any atom is -0.479 e. The maximum Gasteiger partial charge on any atom is 0.332 e. The minimum atomic E-state index is -3.65. The number of rotatable bonds is 5. The molecule has 2 atom stereocenters. The third kappa shape index (κ3) is 3.11. The number of carbonyl (C=O) groups is 1. The van der Waals surface area contributed by atoms with Crippen LogP contribution in [0.15, 0.2) is 17.3 Å². The number of hydrogen-bond donors (Lipinski definition) is 2. The van der Waals surface area contributed by atoms with Gasteiger partial charge in [-0.3, -0.25) is 4.68 Å². The zero-order chi connectivity index (χ0) is 14.0. The highest BCUT2D eigenvalue weighted by molar-refractivity contribution is 7.89. The lowest BCUT2D eigenvalue weighted by atomic mass is 10.2. The highest BCUT2D eigenvalue weighted by Gasteiger charge is 2.31. The molecule has 0 saturated carbocycles. The fourth-order valence-corrected chi connectivity index (χ4v) is 3.13. The third-order valence-electron chi connectivity index (χ3n) is 2.94. The van der Waals surface area contributed by atoms with E-state index in [0.717, 1.165) is 0 Å². The number of carboxylic acid groups (broad SMARTS) is 1. The van der Waals surface area contributed by atoms with Crippen LogP contribution in [0.1, 0.15) is 12.8 Å². The molecule has 0 amide bonds. The lowest BCUT2D eigenvalue weighted by molar-refractivity contribution is -0.149. The fraction of sp³-hybridized carbons (Fsp3) is 0.600. The number of aromatic nitrogens is 2. The monoisotopic (exact) mass is 289 g/mol. The van der Waals surface area contributed by atoms with Crippen LogP contribution in [-0.2, 0) is 26.6 Å². The average Bonchev–Trinajstić information content (AvgIpc) is 2.95. The van der Waals surface area contributed by atoms with Gasteiger partial charge in [0, 0.05) is 13.6 Å². The minimum absolute atomic E-state index is 0.0529. The van der Waals surface area contributed by atoms with Crippen molar-refractivity contribution in [3.05, 3.63) is 12.3 Å². The number of aliphatic carboxylic acids is 1. The molecular formula is C10H15N3O5S. The molecule has 0 aliphatic carbocycles. The summed E-state index contributed by atoms with van der Waals surface area (Å²) in [7, 11) is -2.12. The van der Waals surface area contributed by atoms with Gasteiger partial charge < -0.3 is 9.84 Å². The van der Waals surface area contributed by atoms with E-state index in [-0.39, 0.29) is 11.6 Å². The van der Waals surface area contributed by atoms with Crippen molar-refractivity contribution < 1.29 is 23.1 Å². The molecule has 1 aromatic heterocycles. The maximum atomic E-state index is 11.9. The van der Waals surface area contributed by atoms with E-state index in [1.165, 1.54) is 24.0 Å². The molecule has 8 nitrogen and oxygen atoms in total. The van der Waals surface area contributed by atoms with Gasteiger partial charge in [-0.05, 0) is 18.9 Å². The molecule has 2 N–H and O–H groups in total. The van der Waals surface area contributed by atoms with Crippen LogP contribution in [0.25, 0.3) is 0 Å². The average molecular weight is 289 g/mol. The van der Waals surface area contributed by atoms with Crippen molar-refractivity contribution in [3.63, 3.8) is 0 Å². The molecule has 1 aliphatic rings. The lowest BCUT2D eigenvalue weighted by Crippen LogP contribution is -2.34. The standard InChI is InChI=1S/C10H15N3O5S/c1-13-9(4-5-11-13)19(16,17)12-6-7-2-3-8(18-7)10(14)15/h4-5,7-8,12H,2-3,6H2,1H3,(H,14,15). The van der Waals surface area contributed by atoms with E-state index in [1.807, 2.05) is 0 Å². The van der Waals surface area contributed by atoms with Gasteiger partial charge in [-0.25, -0.2) is 17.9 Å². The van der Waals surface area contributed by atoms with Gasteiger partial charge in [-0.1, -0.05) is 0 Å². The Morgan fingerprint density at radius 2 is 2.37 bits per heavy atom. The quantitative estimate of drug-likeness (QED) is 0.744. The predicted octanol–water partition coefficient (Wildman–Crippen LogP) is -0.669. The van der Waals surface area contributed by atoms with E-state index in [4.69, 9.17) is 9.84 Å². The van der Waals surface area contributed by atoms with Crippen LogP contribution in [0.4, 0.5) is 0 Å². The van der Waals surface area contributed by atoms with Gasteiger partial charge in [-0.2, -0.15) is 5.10 Å². The molecular weight excluding hydrogens is 274 g/mol. The van der Waals surface area contributed by atoms with Gasteiger partial charge in [-0.15, -0.1) is 0 Å². The Morgan fingerprint density at radius 3 is 2.89 bits per heavy atom. The molecule has 0 bridgehead atoms. The highest BCUT2D eigenvalue weighted by atomic mass is 32.2. The van der Waals surface area contributed by atoms with Crippen molar-refractivity contribution >= 4 is 16.0 Å². The Kier molecular flexibility index (Phi) is 3.88. The van der Waals surface area contributed by atoms with Crippen LogP contribution in [0.3, 0.4) is 0 Å². The number of sulfonamides is 1. The van der Waals surface area contributed by atoms with Crippen molar-refractivity contribution in [2.45, 2.75) is 30.1 Å². The van der Waals surface area contributed by atoms with Crippen LogP contribution >= 0.6 is 0 Å². The molecule has 2 rings (SSSR count). The Balaban J connectivity index is 1.93. The van der Waals surface area contributed by atoms with E-state index in [0.29, 0.717) is 12.8 Å². The van der Waals surface area contributed by atoms with Crippen LogP contribution in [-0.4, -0.2) is 48.0 Å². The summed E-state index contributed by atoms with van der Waals surface area (Å²) >= 11 is 0. The molecule has 1 aromatic rings. The zero-order valence-corrected chi connectivity index (χ0v) is 11.1. The van der Waals surface area contributed by atoms with Crippen LogP contribution < -0.4 is 4.72 Å². The summed E-state index contributed by atoms with van der Waals surface area (Å²) in [6.45, 7) is 0.0529. The molecule has 2 heterocycles. The second-order valence-corrected chi connectivity index (χ2v) is 6.02. The smallest absolute Gasteiger partial charge is 0.332 e. The first kappa shape index (κ1) is 14.0. The molecule has 2 unspecified atom stereocenters. The first-order valence-electron chi connectivity index (χ1n) is 5.76. The Hall–Kier alpha value is -1.45. The van der Waals surface area contributed by atoms with Gasteiger partial charge in [0.05, 0.1) is 12.3 Å². The third-order valence-corrected chi connectivity index (χ3v) is 4.43. The van der Waals surface area contributed by atoms with E-state index in [2.05, 4.69) is 9.82 Å². The van der Waals surface area contributed by atoms with Crippen LogP contribution in [0.2, 0.25) is 0 Å². The van der Waals surface area contributed by atoms with E-state index < -0.39 is 28.2 Å². The normalized spacial score (nSPS) is 23.6. The van der Waals surface area contributed by atoms with Crippen molar-refractivity contribution in [1.82, 2.24) is 14.5 Å². The molecule has 106 valence electrons. The zero-order valence-electron chi connectivity index (χ0n) is 10.3. The van der Waals surface area contributed by atoms with Crippen molar-refractivity contribution in [2.24, 2.45) is 7.05 Å². The van der Waals surface area contributed by atoms with Gasteiger partial charge in [0.1, 0.15) is 0 Å². The second kappa shape index (κ2) is 5.27. The summed E-state index contributed by atoms with van der Waals surface area (Å²) in [5, 5.41) is 12.6. The maximum absolute atomic E-state index is 11.9. The summed E-state index contributed by atoms with van der Waals surface area (Å²) in [5.41, 5.74) is 0. The predicted molar refractivity (Wildman–Crippen MR) is 63.9 cm³/mol. The molecule has 0 radical (unpaired) electrons. The Labute approximate surface area is 110 Å². The SMILES string of the molecule is Cn1nccc1S(=O)(=O)NCC1CCC(C(=O)O)O1. The summed E-state index contributed by atoms with van der Waals surface area (Å²) < 4.78 is 32.7. The first-order valence-corrected chi connectivity index (χ1v) is 7.24. The number of nitrogens with one attached hydrogen (secondary N) is 1. The van der Waals surface area contributed by atoms with Crippen LogP contribution in [0, 0.1) is 0 Å². The summed E-state index contributed by atoms with van der Waals surface area (Å²) in [4.78, 5) is 10.7. The summed E-state index contributed by atoms with van der Waals surface area (Å²) in [6, 6.07) is 1.39. The molecule has 0 spiro atoms. The van der Waals surface area contributed by atoms with E-state index in [1.54, 1.807) is 0 Å². The van der Waals surface area contributed by atoms with Gasteiger partial charge in [0.15, 0.2) is 11.1 Å². The molecule has 1 aliphatic heterocycles. The largest absolute Gasteiger partial charge is 0.479 e. The topological polar surface area (TPSA) is 111 Å². The van der Waals surface area contributed by atoms with E-state index >= 15 is 0 Å². The van der Waals surface area contributed by atoms with Crippen molar-refractivity contribution in [1.29, 1.82) is 0 Å². The Morgan fingerprint density at radius 1 is 1.63 bits per heavy atom. The highest BCUT2D eigenvalue weighted by Crippen LogP contribution is 2.19. The van der Waals surface area contributed by atoms with Crippen molar-refractivity contribution in [3.8, 4) is 0 Å². The molecule has 0 aromatic carbocycles. The molecule has 19 heavy (non-hydrogen) atoms. The molecule has 1 fully saturated rings. The number of aryl methyl sites for hydroxylation is 1. The number of hydrogen-bond acceptors (Lipinski definition) is 5. The second-order valence-electron chi connectivity index (χ2n) is 4.31. The van der Waals surface area contributed by atoms with Gasteiger partial charge >= 0.3 is 5.97 Å². The fourth-order valence-electron chi connectivity index (χ4n) is 1.94. The van der Waals surface area contributed by atoms with Crippen LogP contribution in [0.5, 0.6) is 0 Å². The summed E-state index contributed by atoms with van der Waals surface area (Å²) in [5.74, 6) is -1.02. The van der Waals surface area contributed by atoms with E-state index in [9.17, 15) is 13.2 Å². The number of ether oxygens (including phenoxy) is 1. The molecule has 9 heteroatoms. The molecule has 1 saturated heterocycles. The lowest BCUT2D eigenvalue weighted by Gasteiger charge is -2.12. The van der Waals surface area contributed by atoms with Gasteiger partial charge in [0.2, 0.25) is 0 Å². The van der Waals surface area contributed by atoms with Gasteiger partial charge in [0.25, 0.3) is 10.0 Å².